The van der Waals surface area contributed by atoms with E-state index in [1.54, 1.807) is 18.3 Å². The van der Waals surface area contributed by atoms with Crippen LogP contribution in [0.2, 0.25) is 0 Å². The van der Waals surface area contributed by atoms with Crippen LogP contribution in [0.3, 0.4) is 0 Å². The van der Waals surface area contributed by atoms with Crippen molar-refractivity contribution in [3.8, 4) is 0 Å². The number of hydrogen-bond acceptors (Lipinski definition) is 5. The Morgan fingerprint density at radius 3 is 2.79 bits per heavy atom. The Morgan fingerprint density at radius 2 is 2.21 bits per heavy atom. The summed E-state index contributed by atoms with van der Waals surface area (Å²) >= 11 is 0. The molecular formula is C12H20N2O4S. The van der Waals surface area contributed by atoms with E-state index in [0.717, 1.165) is 10.00 Å². The lowest BCUT2D eigenvalue weighted by atomic mass is 10.3. The van der Waals surface area contributed by atoms with Crippen molar-refractivity contribution in [1.29, 1.82) is 0 Å². The second kappa shape index (κ2) is 7.54. The zero-order valence-corrected chi connectivity index (χ0v) is 12.0. The average Bonchev–Trinajstić information content (AvgIpc) is 2.38. The van der Waals surface area contributed by atoms with E-state index in [2.05, 4.69) is 4.98 Å². The Hall–Kier alpha value is -1.02. The predicted molar refractivity (Wildman–Crippen MR) is 72.2 cm³/mol. The van der Waals surface area contributed by atoms with Crippen LogP contribution in [0.15, 0.2) is 24.4 Å². The summed E-state index contributed by atoms with van der Waals surface area (Å²) in [5, 5.41) is 9.52. The van der Waals surface area contributed by atoms with Gasteiger partial charge in [-0.3, -0.25) is 4.98 Å². The van der Waals surface area contributed by atoms with E-state index in [4.69, 9.17) is 4.74 Å². The van der Waals surface area contributed by atoms with Crippen molar-refractivity contribution in [2.75, 3.05) is 33.1 Å². The molecule has 19 heavy (non-hydrogen) atoms. The fourth-order valence-corrected chi connectivity index (χ4v) is 2.77. The van der Waals surface area contributed by atoms with Gasteiger partial charge in [0, 0.05) is 39.0 Å². The number of pyridine rings is 1. The lowest BCUT2D eigenvalue weighted by Gasteiger charge is -2.20. The highest BCUT2D eigenvalue weighted by Gasteiger charge is 2.20. The van der Waals surface area contributed by atoms with Crippen molar-refractivity contribution < 1.29 is 18.3 Å². The zero-order valence-electron chi connectivity index (χ0n) is 11.2. The highest BCUT2D eigenvalue weighted by molar-refractivity contribution is 7.89. The molecule has 6 nitrogen and oxygen atoms in total. The summed E-state index contributed by atoms with van der Waals surface area (Å²) in [5.41, 5.74) is 0.733. The van der Waals surface area contributed by atoms with E-state index in [0.29, 0.717) is 6.42 Å². The number of likely N-dealkylation sites (N-methyl/N-ethyl adjacent to an activating group) is 1. The molecule has 0 fully saturated rings. The maximum atomic E-state index is 12.0. The molecule has 1 aromatic rings. The Kier molecular flexibility index (Phi) is 6.36. The van der Waals surface area contributed by atoms with Gasteiger partial charge in [-0.25, -0.2) is 12.7 Å². The molecule has 1 unspecified atom stereocenters. The van der Waals surface area contributed by atoms with Crippen LogP contribution >= 0.6 is 0 Å². The number of aliphatic hydroxyl groups is 1. The normalized spacial score (nSPS) is 13.7. The third-order valence-electron chi connectivity index (χ3n) is 2.64. The van der Waals surface area contributed by atoms with Crippen molar-refractivity contribution in [3.63, 3.8) is 0 Å². The summed E-state index contributed by atoms with van der Waals surface area (Å²) in [5.74, 6) is -0.0276. The maximum Gasteiger partial charge on any atom is 0.214 e. The molecule has 1 rings (SSSR count). The lowest BCUT2D eigenvalue weighted by molar-refractivity contribution is 0.0554. The third kappa shape index (κ3) is 5.65. The van der Waals surface area contributed by atoms with Crippen LogP contribution in [-0.2, 0) is 21.2 Å². The maximum absolute atomic E-state index is 12.0. The van der Waals surface area contributed by atoms with Gasteiger partial charge in [0.15, 0.2) is 0 Å². The molecule has 7 heteroatoms. The number of aliphatic hydroxyl groups excluding tert-OH is 1. The van der Waals surface area contributed by atoms with Crippen LogP contribution < -0.4 is 0 Å². The lowest BCUT2D eigenvalue weighted by Crippen LogP contribution is -2.37. The van der Waals surface area contributed by atoms with Gasteiger partial charge in [0.05, 0.1) is 18.5 Å². The van der Waals surface area contributed by atoms with Gasteiger partial charge >= 0.3 is 0 Å². The van der Waals surface area contributed by atoms with E-state index in [1.165, 1.54) is 14.2 Å². The molecular weight excluding hydrogens is 268 g/mol. The van der Waals surface area contributed by atoms with Crippen molar-refractivity contribution in [2.24, 2.45) is 0 Å². The molecule has 0 aliphatic heterocycles. The summed E-state index contributed by atoms with van der Waals surface area (Å²) in [6.45, 7) is 0.137. The highest BCUT2D eigenvalue weighted by Crippen LogP contribution is 2.04. The Bertz CT molecular complexity index is 464. The number of nitrogens with zero attached hydrogens (tertiary/aromatic N) is 2. The first-order chi connectivity index (χ1) is 8.95. The van der Waals surface area contributed by atoms with E-state index in [1.807, 2.05) is 6.07 Å². The second-order valence-corrected chi connectivity index (χ2v) is 6.47. The van der Waals surface area contributed by atoms with Gasteiger partial charge in [-0.1, -0.05) is 6.07 Å². The van der Waals surface area contributed by atoms with Crippen molar-refractivity contribution in [3.05, 3.63) is 30.1 Å². The van der Waals surface area contributed by atoms with E-state index < -0.39 is 16.1 Å². The number of aryl methyl sites for hydroxylation is 1. The minimum atomic E-state index is -3.39. The molecule has 1 N–H and O–H groups in total. The van der Waals surface area contributed by atoms with E-state index in [9.17, 15) is 13.5 Å². The molecule has 1 heterocycles. The smallest absolute Gasteiger partial charge is 0.214 e. The molecule has 0 amide bonds. The first kappa shape index (κ1) is 16.0. The van der Waals surface area contributed by atoms with Crippen LogP contribution in [0.1, 0.15) is 5.69 Å². The zero-order chi connectivity index (χ0) is 14.3. The summed E-state index contributed by atoms with van der Waals surface area (Å²) in [6.07, 6.45) is 1.17. The quantitative estimate of drug-likeness (QED) is 0.722. The van der Waals surface area contributed by atoms with Gasteiger partial charge in [-0.05, 0) is 12.1 Å². The van der Waals surface area contributed by atoms with Gasteiger partial charge in [0.1, 0.15) is 0 Å². The largest absolute Gasteiger partial charge is 0.389 e. The molecule has 108 valence electrons. The fraction of sp³-hybridized carbons (Fsp3) is 0.583. The van der Waals surface area contributed by atoms with Gasteiger partial charge in [-0.15, -0.1) is 0 Å². The molecule has 0 saturated carbocycles. The number of hydrogen-bond donors (Lipinski definition) is 1. The highest BCUT2D eigenvalue weighted by atomic mass is 32.2. The summed E-state index contributed by atoms with van der Waals surface area (Å²) in [7, 11) is -0.486. The number of rotatable bonds is 8. The van der Waals surface area contributed by atoms with Crippen molar-refractivity contribution in [2.45, 2.75) is 12.5 Å². The molecule has 0 aliphatic rings. The van der Waals surface area contributed by atoms with Crippen molar-refractivity contribution >= 4 is 10.0 Å². The van der Waals surface area contributed by atoms with Gasteiger partial charge in [0.25, 0.3) is 0 Å². The number of aromatic nitrogens is 1. The molecule has 0 bridgehead atoms. The molecule has 1 atom stereocenters. The van der Waals surface area contributed by atoms with Crippen LogP contribution in [-0.4, -0.2) is 62.0 Å². The van der Waals surface area contributed by atoms with Crippen molar-refractivity contribution in [1.82, 2.24) is 9.29 Å². The standard InChI is InChI=1S/C12H20N2O4S/c1-14(9-12(15)10-18-2)19(16,17)8-6-11-5-3-4-7-13-11/h3-5,7,12,15H,6,8-10H2,1-2H3. The van der Waals surface area contributed by atoms with Crippen LogP contribution in [0, 0.1) is 0 Å². The SMILES string of the molecule is COCC(O)CN(C)S(=O)(=O)CCc1ccccn1. The summed E-state index contributed by atoms with van der Waals surface area (Å²) < 4.78 is 29.9. The van der Waals surface area contributed by atoms with Crippen LogP contribution in [0.4, 0.5) is 0 Å². The molecule has 1 aromatic heterocycles. The average molecular weight is 288 g/mol. The first-order valence-electron chi connectivity index (χ1n) is 5.96. The van der Waals surface area contributed by atoms with Gasteiger partial charge < -0.3 is 9.84 Å². The summed E-state index contributed by atoms with van der Waals surface area (Å²) in [4.78, 5) is 4.08. The van der Waals surface area contributed by atoms with Crippen LogP contribution in [0.5, 0.6) is 0 Å². The second-order valence-electron chi connectivity index (χ2n) is 4.28. The third-order valence-corrected chi connectivity index (χ3v) is 4.46. The monoisotopic (exact) mass is 288 g/mol. The number of ether oxygens (including phenoxy) is 1. The minimum Gasteiger partial charge on any atom is -0.389 e. The van der Waals surface area contributed by atoms with E-state index in [-0.39, 0.29) is 18.9 Å². The first-order valence-corrected chi connectivity index (χ1v) is 7.57. The molecule has 0 aliphatic carbocycles. The predicted octanol–water partition coefficient (Wildman–Crippen LogP) is -0.107. The topological polar surface area (TPSA) is 79.7 Å². The van der Waals surface area contributed by atoms with Gasteiger partial charge in [0.2, 0.25) is 10.0 Å². The Morgan fingerprint density at radius 1 is 1.47 bits per heavy atom. The number of methoxy groups -OCH3 is 1. The van der Waals surface area contributed by atoms with Gasteiger partial charge in [-0.2, -0.15) is 0 Å². The fourth-order valence-electron chi connectivity index (χ4n) is 1.59. The Balaban J connectivity index is 2.51. The molecule has 0 saturated heterocycles. The Labute approximate surface area is 114 Å². The molecule has 0 spiro atoms. The van der Waals surface area contributed by atoms with Crippen LogP contribution in [0.25, 0.3) is 0 Å². The molecule has 0 aromatic carbocycles. The van der Waals surface area contributed by atoms with E-state index >= 15 is 0 Å². The number of sulfonamides is 1. The minimum absolute atomic E-state index is 0.0262. The molecule has 0 radical (unpaired) electrons. The summed E-state index contributed by atoms with van der Waals surface area (Å²) in [6, 6.07) is 5.39.